The number of unbranched alkanes of at least 4 members (excludes halogenated alkanes) is 1. The summed E-state index contributed by atoms with van der Waals surface area (Å²) < 4.78 is 17.7. The van der Waals surface area contributed by atoms with Gasteiger partial charge in [-0.2, -0.15) is 0 Å². The van der Waals surface area contributed by atoms with E-state index in [1.165, 1.54) is 18.8 Å². The van der Waals surface area contributed by atoms with Crippen molar-refractivity contribution in [2.45, 2.75) is 32.2 Å². The Hall–Kier alpha value is -3.49. The number of esters is 1. The van der Waals surface area contributed by atoms with Gasteiger partial charge in [0.2, 0.25) is 0 Å². The predicted octanol–water partition coefficient (Wildman–Crippen LogP) is 1.72. The van der Waals surface area contributed by atoms with Gasteiger partial charge in [0.25, 0.3) is 5.56 Å². The molecule has 0 radical (unpaired) electrons. The van der Waals surface area contributed by atoms with Gasteiger partial charge in [-0.05, 0) is 12.5 Å². The van der Waals surface area contributed by atoms with Gasteiger partial charge in [-0.15, -0.1) is 0 Å². The summed E-state index contributed by atoms with van der Waals surface area (Å²) in [5, 5.41) is 3.12. The zero-order valence-electron chi connectivity index (χ0n) is 17.0. The van der Waals surface area contributed by atoms with Crippen LogP contribution in [0.15, 0.2) is 39.1 Å². The maximum atomic E-state index is 13.0. The average Bonchev–Trinajstić information content (AvgIpc) is 3.12. The third-order valence-corrected chi connectivity index (χ3v) is 5.45. The first-order chi connectivity index (χ1) is 14.5. The van der Waals surface area contributed by atoms with Crippen LogP contribution in [0, 0.1) is 0 Å². The number of ether oxygens (including phenoxy) is 3. The standard InChI is InChI=1S/C21H23N3O6/c1-4-5-9-24-18-16(19(25)23-21(24)27)14(15-12(22-18)10-30-20(15)26)11-7-6-8-13(28-2)17(11)29-3/h6-8,14,22H,4-5,9-10H2,1-3H3,(H,23,25,27)/t14-/m0/s1. The van der Waals surface area contributed by atoms with Crippen molar-refractivity contribution in [2.24, 2.45) is 0 Å². The fraction of sp³-hybridized carbons (Fsp3) is 0.381. The summed E-state index contributed by atoms with van der Waals surface area (Å²) in [6.45, 7) is 2.50. The summed E-state index contributed by atoms with van der Waals surface area (Å²) in [6.07, 6.45) is 1.64. The monoisotopic (exact) mass is 413 g/mol. The van der Waals surface area contributed by atoms with Gasteiger partial charge >= 0.3 is 11.7 Å². The lowest BCUT2D eigenvalue weighted by molar-refractivity contribution is -0.136. The third-order valence-electron chi connectivity index (χ3n) is 5.45. The lowest BCUT2D eigenvalue weighted by Crippen LogP contribution is -2.38. The number of nitrogens with one attached hydrogen (secondary N) is 2. The summed E-state index contributed by atoms with van der Waals surface area (Å²) in [7, 11) is 3.01. The Balaban J connectivity index is 2.04. The van der Waals surface area contributed by atoms with E-state index in [4.69, 9.17) is 14.2 Å². The fourth-order valence-corrected chi connectivity index (χ4v) is 4.07. The number of rotatable bonds is 6. The number of aromatic nitrogens is 2. The second-order valence-electron chi connectivity index (χ2n) is 7.14. The van der Waals surface area contributed by atoms with Crippen LogP contribution in [0.1, 0.15) is 36.8 Å². The Morgan fingerprint density at radius 1 is 1.20 bits per heavy atom. The number of carbonyl (C=O) groups excluding carboxylic acids is 1. The molecule has 0 aliphatic carbocycles. The van der Waals surface area contributed by atoms with Gasteiger partial charge in [-0.3, -0.25) is 14.3 Å². The van der Waals surface area contributed by atoms with Crippen LogP contribution < -0.4 is 26.0 Å². The molecule has 1 aromatic carbocycles. The van der Waals surface area contributed by atoms with Crippen LogP contribution in [0.25, 0.3) is 0 Å². The molecule has 30 heavy (non-hydrogen) atoms. The number of nitrogens with zero attached hydrogens (tertiary/aromatic N) is 1. The van der Waals surface area contributed by atoms with Crippen LogP contribution in [-0.4, -0.2) is 36.3 Å². The van der Waals surface area contributed by atoms with E-state index in [9.17, 15) is 14.4 Å². The first-order valence-electron chi connectivity index (χ1n) is 9.76. The van der Waals surface area contributed by atoms with E-state index >= 15 is 0 Å². The van der Waals surface area contributed by atoms with Gasteiger partial charge in [-0.1, -0.05) is 25.5 Å². The smallest absolute Gasteiger partial charge is 0.337 e. The van der Waals surface area contributed by atoms with Crippen LogP contribution >= 0.6 is 0 Å². The van der Waals surface area contributed by atoms with E-state index in [1.807, 2.05) is 6.92 Å². The molecule has 9 heteroatoms. The third kappa shape index (κ3) is 2.97. The molecule has 1 aromatic heterocycles. The zero-order chi connectivity index (χ0) is 21.4. The number of hydrogen-bond donors (Lipinski definition) is 2. The summed E-state index contributed by atoms with van der Waals surface area (Å²) in [4.78, 5) is 40.6. The van der Waals surface area contributed by atoms with Crippen molar-refractivity contribution in [3.05, 3.63) is 61.4 Å². The number of methoxy groups -OCH3 is 2. The van der Waals surface area contributed by atoms with Gasteiger partial charge in [0.15, 0.2) is 11.5 Å². The van der Waals surface area contributed by atoms with Gasteiger partial charge < -0.3 is 19.5 Å². The maximum absolute atomic E-state index is 13.0. The Bertz CT molecular complexity index is 1160. The van der Waals surface area contributed by atoms with Gasteiger partial charge in [0, 0.05) is 12.1 Å². The molecule has 2 aliphatic rings. The van der Waals surface area contributed by atoms with Crippen molar-refractivity contribution >= 4 is 11.8 Å². The average molecular weight is 413 g/mol. The highest BCUT2D eigenvalue weighted by Crippen LogP contribution is 2.47. The molecule has 0 fully saturated rings. The van der Waals surface area contributed by atoms with Crippen LogP contribution in [0.2, 0.25) is 0 Å². The van der Waals surface area contributed by atoms with Crippen molar-refractivity contribution in [3.8, 4) is 11.5 Å². The van der Waals surface area contributed by atoms with Gasteiger partial charge in [0.1, 0.15) is 12.4 Å². The van der Waals surface area contributed by atoms with E-state index < -0.39 is 23.1 Å². The van der Waals surface area contributed by atoms with Crippen molar-refractivity contribution < 1.29 is 19.0 Å². The molecule has 0 amide bonds. The largest absolute Gasteiger partial charge is 0.493 e. The van der Waals surface area contributed by atoms with E-state index in [2.05, 4.69) is 10.3 Å². The first kappa shape index (κ1) is 19.8. The predicted molar refractivity (Wildman–Crippen MR) is 109 cm³/mol. The summed E-state index contributed by atoms with van der Waals surface area (Å²) >= 11 is 0. The Labute approximate surface area is 172 Å². The Morgan fingerprint density at radius 2 is 2.00 bits per heavy atom. The second-order valence-corrected chi connectivity index (χ2v) is 7.14. The number of aromatic amines is 1. The van der Waals surface area contributed by atoms with E-state index in [0.717, 1.165) is 12.8 Å². The molecule has 158 valence electrons. The summed E-state index contributed by atoms with van der Waals surface area (Å²) in [5.74, 6) is -0.0178. The van der Waals surface area contributed by atoms with E-state index in [1.54, 1.807) is 18.2 Å². The van der Waals surface area contributed by atoms with Crippen molar-refractivity contribution in [3.63, 3.8) is 0 Å². The molecular formula is C21H23N3O6. The lowest BCUT2D eigenvalue weighted by atomic mass is 9.82. The normalized spacial score (nSPS) is 17.2. The van der Waals surface area contributed by atoms with E-state index in [-0.39, 0.29) is 12.2 Å². The van der Waals surface area contributed by atoms with Gasteiger partial charge in [0.05, 0.1) is 37.0 Å². The van der Waals surface area contributed by atoms with Crippen LogP contribution in [-0.2, 0) is 16.1 Å². The minimum Gasteiger partial charge on any atom is -0.493 e. The zero-order valence-corrected chi connectivity index (χ0v) is 17.0. The van der Waals surface area contributed by atoms with Crippen molar-refractivity contribution in [2.75, 3.05) is 26.1 Å². The first-order valence-corrected chi connectivity index (χ1v) is 9.76. The maximum Gasteiger partial charge on any atom is 0.337 e. The van der Waals surface area contributed by atoms with E-state index in [0.29, 0.717) is 40.7 Å². The van der Waals surface area contributed by atoms with Crippen molar-refractivity contribution in [1.29, 1.82) is 0 Å². The fourth-order valence-electron chi connectivity index (χ4n) is 4.07. The summed E-state index contributed by atoms with van der Waals surface area (Å²) in [5.41, 5.74) is 0.673. The number of fused-ring (bicyclic) bond motifs is 1. The molecule has 2 aromatic rings. The molecular weight excluding hydrogens is 390 g/mol. The molecule has 2 N–H and O–H groups in total. The topological polar surface area (TPSA) is 112 Å². The minimum atomic E-state index is -0.770. The SMILES string of the molecule is CCCCn1c2c(c(=O)[nH]c1=O)[C@@H](c1cccc(OC)c1OC)C1=C(COC1=O)N2. The quantitative estimate of drug-likeness (QED) is 0.694. The van der Waals surface area contributed by atoms with Crippen molar-refractivity contribution in [1.82, 2.24) is 9.55 Å². The molecule has 0 unspecified atom stereocenters. The molecule has 2 aliphatic heterocycles. The number of cyclic esters (lactones) is 1. The highest BCUT2D eigenvalue weighted by atomic mass is 16.5. The van der Waals surface area contributed by atoms with Crippen LogP contribution in [0.4, 0.5) is 5.82 Å². The molecule has 0 spiro atoms. The second kappa shape index (κ2) is 7.74. The number of benzene rings is 1. The Kier molecular flexibility index (Phi) is 5.11. The number of anilines is 1. The van der Waals surface area contributed by atoms with Crippen LogP contribution in [0.3, 0.4) is 0 Å². The highest BCUT2D eigenvalue weighted by Gasteiger charge is 2.42. The Morgan fingerprint density at radius 3 is 2.70 bits per heavy atom. The lowest BCUT2D eigenvalue weighted by Gasteiger charge is -2.29. The number of H-pyrrole nitrogens is 1. The number of para-hydroxylation sites is 1. The molecule has 9 nitrogen and oxygen atoms in total. The molecule has 0 saturated carbocycles. The number of hydrogen-bond acceptors (Lipinski definition) is 7. The highest BCUT2D eigenvalue weighted by molar-refractivity contribution is 5.97. The molecule has 4 rings (SSSR count). The van der Waals surface area contributed by atoms with Crippen LogP contribution in [0.5, 0.6) is 11.5 Å². The molecule has 0 saturated heterocycles. The molecule has 3 heterocycles. The molecule has 1 atom stereocenters. The summed E-state index contributed by atoms with van der Waals surface area (Å²) in [6, 6.07) is 5.28. The molecule has 0 bridgehead atoms. The minimum absolute atomic E-state index is 0.0468. The van der Waals surface area contributed by atoms with Gasteiger partial charge in [-0.25, -0.2) is 9.59 Å². The number of carbonyl (C=O) groups is 1.